The summed E-state index contributed by atoms with van der Waals surface area (Å²) in [5, 5.41) is 3.72. The van der Waals surface area contributed by atoms with Gasteiger partial charge in [0, 0.05) is 30.9 Å². The molecule has 2 heterocycles. The molecule has 1 aromatic carbocycles. The maximum atomic E-state index is 6.33. The summed E-state index contributed by atoms with van der Waals surface area (Å²) in [6.45, 7) is 4.01. The van der Waals surface area contributed by atoms with E-state index in [1.807, 2.05) is 19.1 Å². The second-order valence-corrected chi connectivity index (χ2v) is 5.03. The van der Waals surface area contributed by atoms with Gasteiger partial charge < -0.3 is 14.8 Å². The van der Waals surface area contributed by atoms with E-state index in [4.69, 9.17) is 21.1 Å². The number of hydrogen-bond acceptors (Lipinski definition) is 5. The molecule has 21 heavy (non-hydrogen) atoms. The topological polar surface area (TPSA) is 56.3 Å². The Morgan fingerprint density at radius 1 is 1.19 bits per heavy atom. The van der Waals surface area contributed by atoms with Crippen molar-refractivity contribution in [3.63, 3.8) is 0 Å². The lowest BCUT2D eigenvalue weighted by molar-refractivity contribution is 0.297. The van der Waals surface area contributed by atoms with Gasteiger partial charge >= 0.3 is 0 Å². The zero-order valence-electron chi connectivity index (χ0n) is 11.7. The van der Waals surface area contributed by atoms with Gasteiger partial charge in [-0.25, -0.2) is 4.98 Å². The molecule has 110 valence electrons. The van der Waals surface area contributed by atoms with E-state index in [9.17, 15) is 0 Å². The van der Waals surface area contributed by atoms with Crippen molar-refractivity contribution in [2.45, 2.75) is 13.3 Å². The molecule has 2 aromatic rings. The Hall–Kier alpha value is -2.01. The highest BCUT2D eigenvalue weighted by atomic mass is 35.5. The van der Waals surface area contributed by atoms with Crippen LogP contribution in [0.5, 0.6) is 11.5 Å². The predicted octanol–water partition coefficient (Wildman–Crippen LogP) is 3.39. The van der Waals surface area contributed by atoms with Crippen molar-refractivity contribution in [2.75, 3.05) is 25.1 Å². The summed E-state index contributed by atoms with van der Waals surface area (Å²) in [5.41, 5.74) is 1.60. The van der Waals surface area contributed by atoms with Crippen LogP contribution >= 0.6 is 11.6 Å². The summed E-state index contributed by atoms with van der Waals surface area (Å²) in [6, 6.07) is 3.73. The van der Waals surface area contributed by atoms with Crippen molar-refractivity contribution in [1.82, 2.24) is 9.97 Å². The lowest BCUT2D eigenvalue weighted by Crippen LogP contribution is -2.03. The van der Waals surface area contributed by atoms with Crippen LogP contribution in [0.15, 0.2) is 24.5 Å². The molecule has 3 rings (SSSR count). The Morgan fingerprint density at radius 3 is 2.86 bits per heavy atom. The molecule has 6 heteroatoms. The van der Waals surface area contributed by atoms with Crippen LogP contribution < -0.4 is 14.8 Å². The van der Waals surface area contributed by atoms with Crippen molar-refractivity contribution in [3.8, 4) is 22.8 Å². The Bertz CT molecular complexity index is 649. The highest BCUT2D eigenvalue weighted by molar-refractivity contribution is 6.32. The third-order valence-corrected chi connectivity index (χ3v) is 3.40. The smallest absolute Gasteiger partial charge is 0.179 e. The van der Waals surface area contributed by atoms with Crippen molar-refractivity contribution in [3.05, 3.63) is 29.5 Å². The maximum Gasteiger partial charge on any atom is 0.179 e. The van der Waals surface area contributed by atoms with Gasteiger partial charge in [0.2, 0.25) is 0 Å². The molecule has 0 saturated carbocycles. The molecule has 0 aliphatic carbocycles. The largest absolute Gasteiger partial charge is 0.489 e. The Balaban J connectivity index is 2.07. The number of nitrogens with zero attached hydrogens (tertiary/aromatic N) is 2. The highest BCUT2D eigenvalue weighted by Crippen LogP contribution is 2.41. The van der Waals surface area contributed by atoms with Gasteiger partial charge in [-0.2, -0.15) is 0 Å². The Labute approximate surface area is 128 Å². The van der Waals surface area contributed by atoms with E-state index in [0.29, 0.717) is 29.7 Å². The van der Waals surface area contributed by atoms with Gasteiger partial charge in [-0.05, 0) is 19.1 Å². The first-order chi connectivity index (χ1) is 10.3. The van der Waals surface area contributed by atoms with Crippen molar-refractivity contribution < 1.29 is 9.47 Å². The molecule has 0 bridgehead atoms. The third-order valence-electron chi connectivity index (χ3n) is 3.12. The molecule has 0 spiro atoms. The zero-order valence-corrected chi connectivity index (χ0v) is 12.5. The summed E-state index contributed by atoms with van der Waals surface area (Å²) in [4.78, 5) is 8.72. The van der Waals surface area contributed by atoms with Crippen molar-refractivity contribution >= 4 is 17.4 Å². The van der Waals surface area contributed by atoms with Crippen LogP contribution in [0.1, 0.15) is 13.3 Å². The molecule has 0 atom stereocenters. The van der Waals surface area contributed by atoms with Crippen LogP contribution in [0.25, 0.3) is 11.3 Å². The number of nitrogens with one attached hydrogen (secondary N) is 1. The number of ether oxygens (including phenoxy) is 2. The highest BCUT2D eigenvalue weighted by Gasteiger charge is 2.18. The van der Waals surface area contributed by atoms with Crippen LogP contribution in [0.2, 0.25) is 5.02 Å². The maximum absolute atomic E-state index is 6.33. The van der Waals surface area contributed by atoms with Crippen LogP contribution in [0.4, 0.5) is 5.82 Å². The minimum atomic E-state index is 0.525. The van der Waals surface area contributed by atoms with Gasteiger partial charge in [-0.3, -0.25) is 4.98 Å². The van der Waals surface area contributed by atoms with E-state index >= 15 is 0 Å². The molecule has 0 radical (unpaired) electrons. The fourth-order valence-corrected chi connectivity index (χ4v) is 2.48. The van der Waals surface area contributed by atoms with Crippen LogP contribution in [0.3, 0.4) is 0 Å². The molecule has 0 amide bonds. The molecule has 1 N–H and O–H groups in total. The van der Waals surface area contributed by atoms with Gasteiger partial charge in [0.1, 0.15) is 5.69 Å². The molecule has 0 fully saturated rings. The molecule has 5 nitrogen and oxygen atoms in total. The molecular weight excluding hydrogens is 290 g/mol. The number of hydrogen-bond donors (Lipinski definition) is 1. The lowest BCUT2D eigenvalue weighted by atomic mass is 10.1. The van der Waals surface area contributed by atoms with Gasteiger partial charge in [-0.15, -0.1) is 0 Å². The number of halogens is 1. The van der Waals surface area contributed by atoms with E-state index < -0.39 is 0 Å². The van der Waals surface area contributed by atoms with Gasteiger partial charge in [0.05, 0.1) is 18.2 Å². The molecule has 0 saturated heterocycles. The number of fused-ring (bicyclic) bond motifs is 1. The van der Waals surface area contributed by atoms with Crippen LogP contribution in [0, 0.1) is 0 Å². The first-order valence-corrected chi connectivity index (χ1v) is 7.31. The van der Waals surface area contributed by atoms with E-state index in [2.05, 4.69) is 15.3 Å². The fraction of sp³-hybridized carbons (Fsp3) is 0.333. The average molecular weight is 306 g/mol. The normalized spacial score (nSPS) is 13.6. The summed E-state index contributed by atoms with van der Waals surface area (Å²) >= 11 is 6.33. The number of rotatable bonds is 3. The number of benzene rings is 1. The summed E-state index contributed by atoms with van der Waals surface area (Å²) in [7, 11) is 0. The molecular formula is C15H16ClN3O2. The van der Waals surface area contributed by atoms with Crippen molar-refractivity contribution in [1.29, 1.82) is 0 Å². The molecule has 1 aliphatic rings. The van der Waals surface area contributed by atoms with E-state index in [1.165, 1.54) is 0 Å². The summed E-state index contributed by atoms with van der Waals surface area (Å²) in [5.74, 6) is 1.99. The van der Waals surface area contributed by atoms with Gasteiger partial charge in [0.25, 0.3) is 0 Å². The lowest BCUT2D eigenvalue weighted by Gasteiger charge is -2.13. The molecule has 1 aliphatic heterocycles. The second kappa shape index (κ2) is 6.18. The molecule has 0 unspecified atom stereocenters. The van der Waals surface area contributed by atoms with Crippen molar-refractivity contribution in [2.24, 2.45) is 0 Å². The van der Waals surface area contributed by atoms with Crippen LogP contribution in [-0.2, 0) is 0 Å². The summed E-state index contributed by atoms with van der Waals surface area (Å²) in [6.07, 6.45) is 4.16. The van der Waals surface area contributed by atoms with Gasteiger partial charge in [-0.1, -0.05) is 11.6 Å². The first kappa shape index (κ1) is 13.9. The van der Waals surface area contributed by atoms with Gasteiger partial charge in [0.15, 0.2) is 17.3 Å². The monoisotopic (exact) mass is 305 g/mol. The quantitative estimate of drug-likeness (QED) is 0.942. The third kappa shape index (κ3) is 2.88. The van der Waals surface area contributed by atoms with Crippen LogP contribution in [-0.4, -0.2) is 29.7 Å². The number of aromatic nitrogens is 2. The predicted molar refractivity (Wildman–Crippen MR) is 82.2 cm³/mol. The minimum absolute atomic E-state index is 0.525. The second-order valence-electron chi connectivity index (χ2n) is 4.62. The number of anilines is 1. The molecule has 1 aromatic heterocycles. The minimum Gasteiger partial charge on any atom is -0.489 e. The SMILES string of the molecule is CCNc1nccnc1-c1cc(Cl)c2c(c1)OCCCO2. The first-order valence-electron chi connectivity index (χ1n) is 6.94. The van der Waals surface area contributed by atoms with E-state index in [0.717, 1.165) is 30.0 Å². The Morgan fingerprint density at radius 2 is 2.00 bits per heavy atom. The average Bonchev–Trinajstić information content (AvgIpc) is 2.74. The fourth-order valence-electron chi connectivity index (χ4n) is 2.21. The Kier molecular flexibility index (Phi) is 4.10. The summed E-state index contributed by atoms with van der Waals surface area (Å²) < 4.78 is 11.4. The van der Waals surface area contributed by atoms with E-state index in [1.54, 1.807) is 12.4 Å². The van der Waals surface area contributed by atoms with E-state index in [-0.39, 0.29) is 0 Å². The zero-order chi connectivity index (χ0) is 14.7. The standard InChI is InChI=1S/C15H16ClN3O2/c1-2-17-15-13(18-4-5-19-15)10-8-11(16)14-12(9-10)20-6-3-7-21-14/h4-5,8-9H,2-3,6-7H2,1H3,(H,17,19).